The van der Waals surface area contributed by atoms with Crippen LogP contribution < -0.4 is 4.74 Å². The molecule has 1 aromatic carbocycles. The highest BCUT2D eigenvalue weighted by molar-refractivity contribution is 6.35. The number of ether oxygens (including phenoxy) is 1. The first-order chi connectivity index (χ1) is 12.3. The predicted molar refractivity (Wildman–Crippen MR) is 101 cm³/mol. The van der Waals surface area contributed by atoms with Crippen LogP contribution in [0.4, 0.5) is 0 Å². The van der Waals surface area contributed by atoms with Gasteiger partial charge in [-0.1, -0.05) is 29.6 Å². The van der Waals surface area contributed by atoms with Crippen molar-refractivity contribution in [2.24, 2.45) is 0 Å². The van der Waals surface area contributed by atoms with Gasteiger partial charge in [-0.15, -0.1) is 0 Å². The number of hydrogen-bond donors (Lipinski definition) is 2. The molecule has 146 valence electrons. The summed E-state index contributed by atoms with van der Waals surface area (Å²) in [6.45, 7) is 6.42. The number of carbonyl (C=O) groups is 2. The molecule has 2 rings (SSSR count). The van der Waals surface area contributed by atoms with Crippen molar-refractivity contribution in [1.82, 2.24) is 4.90 Å². The van der Waals surface area contributed by atoms with E-state index in [4.69, 9.17) is 47.7 Å². The van der Waals surface area contributed by atoms with E-state index in [1.807, 2.05) is 13.0 Å². The molecule has 0 amide bonds. The maximum Gasteiger partial charge on any atom is 0.414 e. The van der Waals surface area contributed by atoms with E-state index in [0.717, 1.165) is 24.3 Å². The summed E-state index contributed by atoms with van der Waals surface area (Å²) >= 11 is 12.1. The number of hydrogen-bond acceptors (Lipinski definition) is 4. The molecule has 26 heavy (non-hydrogen) atoms. The normalized spacial score (nSPS) is 14.3. The van der Waals surface area contributed by atoms with E-state index in [-0.39, 0.29) is 0 Å². The van der Waals surface area contributed by atoms with Crippen LogP contribution >= 0.6 is 23.2 Å². The third-order valence-electron chi connectivity index (χ3n) is 3.94. The zero-order chi connectivity index (χ0) is 19.5. The van der Waals surface area contributed by atoms with Crippen LogP contribution in [-0.2, 0) is 9.59 Å². The Labute approximate surface area is 163 Å². The number of aliphatic carboxylic acids is 2. The fourth-order valence-corrected chi connectivity index (χ4v) is 3.32. The van der Waals surface area contributed by atoms with Crippen molar-refractivity contribution in [2.75, 3.05) is 26.2 Å². The number of halogens is 2. The van der Waals surface area contributed by atoms with E-state index in [2.05, 4.69) is 4.90 Å². The molecule has 8 heteroatoms. The molecule has 6 nitrogen and oxygen atoms in total. The van der Waals surface area contributed by atoms with Gasteiger partial charge in [0.25, 0.3) is 0 Å². The Kier molecular flexibility index (Phi) is 10.4. The van der Waals surface area contributed by atoms with Gasteiger partial charge in [-0.2, -0.15) is 0 Å². The molecule has 0 saturated carbocycles. The molecule has 0 unspecified atom stereocenters. The van der Waals surface area contributed by atoms with Crippen molar-refractivity contribution >= 4 is 35.1 Å². The van der Waals surface area contributed by atoms with E-state index >= 15 is 0 Å². The Morgan fingerprint density at radius 1 is 1.08 bits per heavy atom. The van der Waals surface area contributed by atoms with Gasteiger partial charge in [0.1, 0.15) is 5.75 Å². The Bertz CT molecular complexity index is 568. The number of piperidine rings is 1. The number of carboxylic acids is 2. The monoisotopic (exact) mass is 405 g/mol. The lowest BCUT2D eigenvalue weighted by atomic mass is 10.1. The van der Waals surface area contributed by atoms with Crippen molar-refractivity contribution in [3.63, 3.8) is 0 Å². The summed E-state index contributed by atoms with van der Waals surface area (Å²) in [6, 6.07) is 3.62. The van der Waals surface area contributed by atoms with Crippen LogP contribution in [0.3, 0.4) is 0 Å². The molecule has 0 spiro atoms. The smallest absolute Gasteiger partial charge is 0.414 e. The van der Waals surface area contributed by atoms with E-state index in [1.165, 1.54) is 45.3 Å². The lowest BCUT2D eigenvalue weighted by molar-refractivity contribution is -0.159. The molecule has 0 aliphatic carbocycles. The highest BCUT2D eigenvalue weighted by Crippen LogP contribution is 2.31. The third kappa shape index (κ3) is 8.74. The molecule has 1 aliphatic rings. The highest BCUT2D eigenvalue weighted by atomic mass is 35.5. The zero-order valence-electron chi connectivity index (χ0n) is 14.8. The molecule has 1 saturated heterocycles. The molecule has 0 aromatic heterocycles. The first kappa shape index (κ1) is 22.5. The van der Waals surface area contributed by atoms with E-state index in [9.17, 15) is 0 Å². The van der Waals surface area contributed by atoms with Crippen LogP contribution in [0.5, 0.6) is 5.75 Å². The second kappa shape index (κ2) is 12.0. The van der Waals surface area contributed by atoms with Gasteiger partial charge in [-0.3, -0.25) is 0 Å². The van der Waals surface area contributed by atoms with E-state index < -0.39 is 11.9 Å². The maximum atomic E-state index is 9.10. The summed E-state index contributed by atoms with van der Waals surface area (Å²) in [5, 5.41) is 16.0. The first-order valence-corrected chi connectivity index (χ1v) is 9.34. The zero-order valence-corrected chi connectivity index (χ0v) is 16.4. The molecule has 1 aromatic rings. The van der Waals surface area contributed by atoms with Crippen LogP contribution in [0.25, 0.3) is 0 Å². The van der Waals surface area contributed by atoms with Gasteiger partial charge in [-0.25, -0.2) is 9.59 Å². The van der Waals surface area contributed by atoms with E-state index in [0.29, 0.717) is 10.0 Å². The van der Waals surface area contributed by atoms with Crippen molar-refractivity contribution in [1.29, 1.82) is 0 Å². The topological polar surface area (TPSA) is 87.1 Å². The average Bonchev–Trinajstić information content (AvgIpc) is 2.58. The summed E-state index contributed by atoms with van der Waals surface area (Å²) in [5.41, 5.74) is 0.999. The third-order valence-corrected chi connectivity index (χ3v) is 4.44. The Morgan fingerprint density at radius 2 is 1.69 bits per heavy atom. The summed E-state index contributed by atoms with van der Waals surface area (Å²) in [4.78, 5) is 20.8. The number of nitrogens with zero attached hydrogens (tertiary/aromatic N) is 1. The number of carboxylic acid groups (broad SMARTS) is 2. The van der Waals surface area contributed by atoms with Gasteiger partial charge in [-0.05, 0) is 69.9 Å². The summed E-state index contributed by atoms with van der Waals surface area (Å²) in [6.07, 6.45) is 6.36. The SMILES string of the molecule is Cc1cc(Cl)cc(Cl)c1OCCCCN1CCCCC1.O=C(O)C(=O)O. The number of benzene rings is 1. The summed E-state index contributed by atoms with van der Waals surface area (Å²) < 4.78 is 5.80. The maximum absolute atomic E-state index is 9.10. The van der Waals surface area contributed by atoms with Gasteiger partial charge in [0.2, 0.25) is 0 Å². The number of unbranched alkanes of at least 4 members (excludes halogenated alkanes) is 1. The Morgan fingerprint density at radius 3 is 2.23 bits per heavy atom. The van der Waals surface area contributed by atoms with Crippen LogP contribution in [0.1, 0.15) is 37.7 Å². The molecule has 1 heterocycles. The molecule has 0 atom stereocenters. The molecule has 0 bridgehead atoms. The van der Waals surface area contributed by atoms with Crippen LogP contribution in [0.15, 0.2) is 12.1 Å². The molecule has 1 fully saturated rings. The lowest BCUT2D eigenvalue weighted by Crippen LogP contribution is -2.30. The van der Waals surface area contributed by atoms with E-state index in [1.54, 1.807) is 6.07 Å². The minimum absolute atomic E-state index is 0.603. The second-order valence-electron chi connectivity index (χ2n) is 6.10. The van der Waals surface area contributed by atoms with Crippen molar-refractivity contribution < 1.29 is 24.5 Å². The first-order valence-electron chi connectivity index (χ1n) is 8.58. The van der Waals surface area contributed by atoms with Gasteiger partial charge >= 0.3 is 11.9 Å². The molecular weight excluding hydrogens is 381 g/mol. The molecule has 0 radical (unpaired) electrons. The van der Waals surface area contributed by atoms with Gasteiger partial charge in [0, 0.05) is 5.02 Å². The van der Waals surface area contributed by atoms with Crippen LogP contribution in [0.2, 0.25) is 10.0 Å². The molecule has 2 N–H and O–H groups in total. The number of rotatable bonds is 6. The summed E-state index contributed by atoms with van der Waals surface area (Å²) in [7, 11) is 0. The quantitative estimate of drug-likeness (QED) is 0.546. The van der Waals surface area contributed by atoms with Gasteiger partial charge < -0.3 is 19.8 Å². The Hall–Kier alpha value is -1.50. The van der Waals surface area contributed by atoms with Crippen molar-refractivity contribution in [3.8, 4) is 5.75 Å². The van der Waals surface area contributed by atoms with Crippen LogP contribution in [0, 0.1) is 6.92 Å². The largest absolute Gasteiger partial charge is 0.492 e. The number of likely N-dealkylation sites (tertiary alicyclic amines) is 1. The minimum atomic E-state index is -1.82. The van der Waals surface area contributed by atoms with Gasteiger partial charge in [0.15, 0.2) is 0 Å². The lowest BCUT2D eigenvalue weighted by Gasteiger charge is -2.26. The van der Waals surface area contributed by atoms with Crippen molar-refractivity contribution in [2.45, 2.75) is 39.0 Å². The molecule has 1 aliphatic heterocycles. The fraction of sp³-hybridized carbons (Fsp3) is 0.556. The van der Waals surface area contributed by atoms with Crippen LogP contribution in [-0.4, -0.2) is 53.3 Å². The second-order valence-corrected chi connectivity index (χ2v) is 6.95. The fourth-order valence-electron chi connectivity index (χ4n) is 2.67. The number of aryl methyl sites for hydroxylation is 1. The minimum Gasteiger partial charge on any atom is -0.492 e. The predicted octanol–water partition coefficient (Wildman–Crippen LogP) is 4.10. The summed E-state index contributed by atoms with van der Waals surface area (Å²) in [5.74, 6) is -2.88. The van der Waals surface area contributed by atoms with Crippen molar-refractivity contribution in [3.05, 3.63) is 27.7 Å². The highest BCUT2D eigenvalue weighted by Gasteiger charge is 2.10. The molecular formula is C18H25Cl2NO5. The standard InChI is InChI=1S/C16H23Cl2NO.C2H2O4/c1-13-11-14(17)12-15(18)16(13)20-10-6-5-9-19-7-3-2-4-8-19;3-1(4)2(5)6/h11-12H,2-10H2,1H3;(H,3,4)(H,5,6). The average molecular weight is 406 g/mol. The Balaban J connectivity index is 0.000000487. The van der Waals surface area contributed by atoms with Gasteiger partial charge in [0.05, 0.1) is 11.6 Å².